The molecule has 0 N–H and O–H groups in total. The van der Waals surface area contributed by atoms with E-state index in [1.54, 1.807) is 18.2 Å². The Morgan fingerprint density at radius 1 is 1.07 bits per heavy atom. The van der Waals surface area contributed by atoms with Crippen molar-refractivity contribution in [2.24, 2.45) is 5.92 Å². The SMILES string of the molecule is COc1cc(C=C2C(=O)OC(C)(C)OC2=O)ccc1OC(=O)C1CCCCC1. The minimum atomic E-state index is -1.29. The highest BCUT2D eigenvalue weighted by Gasteiger charge is 2.38. The van der Waals surface area contributed by atoms with E-state index in [1.165, 1.54) is 27.0 Å². The molecule has 1 aromatic rings. The summed E-state index contributed by atoms with van der Waals surface area (Å²) in [6, 6.07) is 4.78. The summed E-state index contributed by atoms with van der Waals surface area (Å²) in [7, 11) is 1.45. The first-order valence-electron chi connectivity index (χ1n) is 9.37. The highest BCUT2D eigenvalue weighted by Crippen LogP contribution is 2.32. The summed E-state index contributed by atoms with van der Waals surface area (Å²) in [5.41, 5.74) is 0.297. The van der Waals surface area contributed by atoms with E-state index in [-0.39, 0.29) is 17.5 Å². The van der Waals surface area contributed by atoms with E-state index in [4.69, 9.17) is 18.9 Å². The molecule has 1 saturated carbocycles. The minimum Gasteiger partial charge on any atom is -0.493 e. The second-order valence-electron chi connectivity index (χ2n) is 7.40. The third-order valence-electron chi connectivity index (χ3n) is 4.76. The van der Waals surface area contributed by atoms with Gasteiger partial charge in [0.15, 0.2) is 11.5 Å². The molecule has 0 atom stereocenters. The van der Waals surface area contributed by atoms with E-state index in [2.05, 4.69) is 0 Å². The molecule has 2 aliphatic rings. The van der Waals surface area contributed by atoms with Crippen molar-refractivity contribution in [1.82, 2.24) is 0 Å². The average molecular weight is 388 g/mol. The lowest BCUT2D eigenvalue weighted by molar-refractivity contribution is -0.222. The molecule has 1 saturated heterocycles. The van der Waals surface area contributed by atoms with Gasteiger partial charge in [-0.2, -0.15) is 0 Å². The van der Waals surface area contributed by atoms with Gasteiger partial charge in [0, 0.05) is 13.8 Å². The number of rotatable bonds is 4. The van der Waals surface area contributed by atoms with Crippen LogP contribution in [0.15, 0.2) is 23.8 Å². The highest BCUT2D eigenvalue weighted by atomic mass is 16.7. The Kier molecular flexibility index (Phi) is 5.72. The zero-order chi connectivity index (χ0) is 20.3. The summed E-state index contributed by atoms with van der Waals surface area (Å²) in [5, 5.41) is 0. The molecule has 7 nitrogen and oxygen atoms in total. The fourth-order valence-corrected chi connectivity index (χ4v) is 3.33. The van der Waals surface area contributed by atoms with Crippen LogP contribution in [0.3, 0.4) is 0 Å². The number of cyclic esters (lactones) is 2. The van der Waals surface area contributed by atoms with Crippen LogP contribution in [0.2, 0.25) is 0 Å². The smallest absolute Gasteiger partial charge is 0.348 e. The van der Waals surface area contributed by atoms with Gasteiger partial charge in [0.25, 0.3) is 5.79 Å². The Labute approximate surface area is 163 Å². The van der Waals surface area contributed by atoms with Gasteiger partial charge in [-0.25, -0.2) is 9.59 Å². The molecule has 0 bridgehead atoms. The van der Waals surface area contributed by atoms with Crippen LogP contribution in [0.1, 0.15) is 51.5 Å². The fourth-order valence-electron chi connectivity index (χ4n) is 3.33. The second kappa shape index (κ2) is 8.04. The van der Waals surface area contributed by atoms with Crippen LogP contribution >= 0.6 is 0 Å². The van der Waals surface area contributed by atoms with Crippen LogP contribution in [0.25, 0.3) is 6.08 Å². The predicted molar refractivity (Wildman–Crippen MR) is 99.4 cm³/mol. The van der Waals surface area contributed by atoms with Crippen molar-refractivity contribution in [3.05, 3.63) is 29.3 Å². The lowest BCUT2D eigenvalue weighted by atomic mass is 9.89. The molecular formula is C21H24O7. The molecule has 1 heterocycles. The van der Waals surface area contributed by atoms with Gasteiger partial charge in [-0.1, -0.05) is 25.3 Å². The molecule has 0 spiro atoms. The maximum Gasteiger partial charge on any atom is 0.348 e. The lowest BCUT2D eigenvalue weighted by Crippen LogP contribution is -2.41. The van der Waals surface area contributed by atoms with Gasteiger partial charge < -0.3 is 18.9 Å². The van der Waals surface area contributed by atoms with Crippen molar-refractivity contribution in [3.8, 4) is 11.5 Å². The maximum absolute atomic E-state index is 12.4. The number of carbonyl (C=O) groups excluding carboxylic acids is 3. The molecule has 0 radical (unpaired) electrons. The van der Waals surface area contributed by atoms with Crippen LogP contribution in [-0.2, 0) is 23.9 Å². The van der Waals surface area contributed by atoms with Gasteiger partial charge in [0.1, 0.15) is 5.57 Å². The Hall–Kier alpha value is -2.83. The summed E-state index contributed by atoms with van der Waals surface area (Å²) >= 11 is 0. The predicted octanol–water partition coefficient (Wildman–Crippen LogP) is 3.40. The van der Waals surface area contributed by atoms with E-state index in [1.807, 2.05) is 0 Å². The van der Waals surface area contributed by atoms with E-state index >= 15 is 0 Å². The first-order chi connectivity index (χ1) is 13.3. The van der Waals surface area contributed by atoms with Gasteiger partial charge in [0.05, 0.1) is 13.0 Å². The first-order valence-corrected chi connectivity index (χ1v) is 9.37. The van der Waals surface area contributed by atoms with Gasteiger partial charge >= 0.3 is 17.9 Å². The minimum absolute atomic E-state index is 0.0876. The summed E-state index contributed by atoms with van der Waals surface area (Å²) in [6.07, 6.45) is 6.25. The highest BCUT2D eigenvalue weighted by molar-refractivity contribution is 6.18. The topological polar surface area (TPSA) is 88.1 Å². The Morgan fingerprint density at radius 2 is 1.71 bits per heavy atom. The van der Waals surface area contributed by atoms with E-state index in [0.29, 0.717) is 17.1 Å². The van der Waals surface area contributed by atoms with Crippen molar-refractivity contribution in [3.63, 3.8) is 0 Å². The van der Waals surface area contributed by atoms with E-state index < -0.39 is 17.7 Å². The van der Waals surface area contributed by atoms with E-state index in [9.17, 15) is 14.4 Å². The van der Waals surface area contributed by atoms with Crippen LogP contribution < -0.4 is 9.47 Å². The number of esters is 3. The number of hydrogen-bond donors (Lipinski definition) is 0. The summed E-state index contributed by atoms with van der Waals surface area (Å²) < 4.78 is 21.0. The molecule has 0 unspecified atom stereocenters. The molecule has 28 heavy (non-hydrogen) atoms. The third-order valence-corrected chi connectivity index (χ3v) is 4.76. The van der Waals surface area contributed by atoms with E-state index in [0.717, 1.165) is 32.1 Å². The fraction of sp³-hybridized carbons (Fsp3) is 0.476. The van der Waals surface area contributed by atoms with Gasteiger partial charge in [-0.05, 0) is 36.6 Å². The molecule has 1 aromatic carbocycles. The zero-order valence-corrected chi connectivity index (χ0v) is 16.3. The van der Waals surface area contributed by atoms with Crippen molar-refractivity contribution in [2.75, 3.05) is 7.11 Å². The molecule has 7 heteroatoms. The quantitative estimate of drug-likeness (QED) is 0.338. The third kappa shape index (κ3) is 4.52. The number of hydrogen-bond acceptors (Lipinski definition) is 7. The van der Waals surface area contributed by atoms with Gasteiger partial charge in [-0.3, -0.25) is 4.79 Å². The standard InChI is InChI=1S/C21H24O7/c1-21(2)27-19(23)15(20(24)28-21)11-13-9-10-16(17(12-13)25-3)26-18(22)14-7-5-4-6-8-14/h9-12,14H,4-8H2,1-3H3. The first kappa shape index (κ1) is 19.9. The van der Waals surface area contributed by atoms with Crippen molar-refractivity contribution in [2.45, 2.75) is 51.7 Å². The molecule has 2 fully saturated rings. The van der Waals surface area contributed by atoms with Crippen molar-refractivity contribution >= 4 is 24.0 Å². The molecule has 1 aliphatic carbocycles. The number of ether oxygens (including phenoxy) is 4. The Bertz CT molecular complexity index is 794. The number of benzene rings is 1. The summed E-state index contributed by atoms with van der Waals surface area (Å²) in [4.78, 5) is 36.5. The maximum atomic E-state index is 12.4. The summed E-state index contributed by atoms with van der Waals surface area (Å²) in [6.45, 7) is 2.97. The van der Waals surface area contributed by atoms with Gasteiger partial charge in [0.2, 0.25) is 0 Å². The Balaban J connectivity index is 1.78. The van der Waals surface area contributed by atoms with Crippen LogP contribution in [0.5, 0.6) is 11.5 Å². The molecule has 150 valence electrons. The molecule has 3 rings (SSSR count). The normalized spacial score (nSPS) is 19.5. The molecular weight excluding hydrogens is 364 g/mol. The number of carbonyl (C=O) groups is 3. The van der Waals surface area contributed by atoms with Crippen molar-refractivity contribution in [1.29, 1.82) is 0 Å². The second-order valence-corrected chi connectivity index (χ2v) is 7.40. The Morgan fingerprint density at radius 3 is 2.32 bits per heavy atom. The van der Waals surface area contributed by atoms with Crippen LogP contribution in [-0.4, -0.2) is 30.8 Å². The molecule has 1 aliphatic heterocycles. The molecule has 0 amide bonds. The van der Waals surface area contributed by atoms with Crippen LogP contribution in [0, 0.1) is 5.92 Å². The average Bonchev–Trinajstić information content (AvgIpc) is 2.65. The van der Waals surface area contributed by atoms with Gasteiger partial charge in [-0.15, -0.1) is 0 Å². The largest absolute Gasteiger partial charge is 0.493 e. The zero-order valence-electron chi connectivity index (χ0n) is 16.3. The van der Waals surface area contributed by atoms with Crippen LogP contribution in [0.4, 0.5) is 0 Å². The number of methoxy groups -OCH3 is 1. The molecule has 0 aromatic heterocycles. The summed E-state index contributed by atoms with van der Waals surface area (Å²) in [5.74, 6) is -2.52. The van der Waals surface area contributed by atoms with Crippen molar-refractivity contribution < 1.29 is 33.3 Å². The lowest BCUT2D eigenvalue weighted by Gasteiger charge is -2.29. The monoisotopic (exact) mass is 388 g/mol.